The lowest BCUT2D eigenvalue weighted by Crippen LogP contribution is -2.44. The van der Waals surface area contributed by atoms with Gasteiger partial charge in [-0.1, -0.05) is 0 Å². The highest BCUT2D eigenvalue weighted by molar-refractivity contribution is 7.80. The molecular formula is C14H17F2N3O5PS. The first-order chi connectivity index (χ1) is 12.1. The fourth-order valence-electron chi connectivity index (χ4n) is 2.69. The number of hydrogen-bond acceptors (Lipinski definition) is 4. The minimum Gasteiger partial charge on any atom is -0.488 e. The van der Waals surface area contributed by atoms with E-state index in [1.54, 1.807) is 6.20 Å². The Balaban J connectivity index is 0.000000431. The predicted octanol–water partition coefficient (Wildman–Crippen LogP) is 0.735. The Hall–Kier alpha value is -1.62. The van der Waals surface area contributed by atoms with Crippen LogP contribution in [0.15, 0.2) is 24.0 Å². The van der Waals surface area contributed by atoms with Crippen molar-refractivity contribution in [3.05, 3.63) is 41.2 Å². The molecule has 8 nitrogen and oxygen atoms in total. The fraction of sp³-hybridized carbons (Fsp3) is 0.357. The molecule has 0 aliphatic carbocycles. The van der Waals surface area contributed by atoms with E-state index in [2.05, 4.69) is 5.32 Å². The maximum atomic E-state index is 13.7. The average molecular weight is 408 g/mol. The standard InChI is InChI=1S/C14H14F2N3OS.H3O4P/c15-9-3-8-4-11(7-20-13(8)12(16)5-9)19-10(1-2-17)6-18-14(19)21;1-5(2,3)4/h3,5-6,11H,1-2,4,7,17H2;(H3,1,2,3,4)/t11-;/m1./s1. The Morgan fingerprint density at radius 3 is 2.65 bits per heavy atom. The van der Waals surface area contributed by atoms with Crippen LogP contribution in [0.2, 0.25) is 0 Å². The van der Waals surface area contributed by atoms with Gasteiger partial charge in [0.15, 0.2) is 16.7 Å². The number of nitrogens with zero attached hydrogens (tertiary/aromatic N) is 2. The molecule has 143 valence electrons. The van der Waals surface area contributed by atoms with Crippen LogP contribution in [0, 0.1) is 11.6 Å². The maximum Gasteiger partial charge on any atom is 0.466 e. The van der Waals surface area contributed by atoms with Crippen LogP contribution in [0.3, 0.4) is 0 Å². The quantitative estimate of drug-likeness (QED) is 0.426. The van der Waals surface area contributed by atoms with Gasteiger partial charge in [0.25, 0.3) is 0 Å². The second-order valence-corrected chi connectivity index (χ2v) is 6.89. The van der Waals surface area contributed by atoms with Gasteiger partial charge in [-0.05, 0) is 24.8 Å². The van der Waals surface area contributed by atoms with Crippen molar-refractivity contribution in [3.63, 3.8) is 0 Å². The summed E-state index contributed by atoms with van der Waals surface area (Å²) in [6, 6.07) is 2.00. The van der Waals surface area contributed by atoms with E-state index in [9.17, 15) is 8.78 Å². The van der Waals surface area contributed by atoms with Gasteiger partial charge in [-0.15, -0.1) is 0 Å². The number of halogens is 2. The smallest absolute Gasteiger partial charge is 0.466 e. The largest absolute Gasteiger partial charge is 0.488 e. The van der Waals surface area contributed by atoms with E-state index >= 15 is 0 Å². The molecule has 26 heavy (non-hydrogen) atoms. The number of thiocarbonyl (C=S) groups is 1. The summed E-state index contributed by atoms with van der Waals surface area (Å²) in [6.45, 7) is 0.751. The third-order valence-corrected chi connectivity index (χ3v) is 3.87. The highest BCUT2D eigenvalue weighted by Crippen LogP contribution is 2.32. The summed E-state index contributed by atoms with van der Waals surface area (Å²) in [5.74, 6) is -1.16. The summed E-state index contributed by atoms with van der Waals surface area (Å²) in [5, 5.41) is 4.56. The van der Waals surface area contributed by atoms with Crippen molar-refractivity contribution in [2.45, 2.75) is 18.9 Å². The molecule has 1 radical (unpaired) electrons. The van der Waals surface area contributed by atoms with E-state index in [0.29, 0.717) is 30.1 Å². The summed E-state index contributed by atoms with van der Waals surface area (Å²) in [4.78, 5) is 23.4. The molecule has 0 saturated carbocycles. The Morgan fingerprint density at radius 1 is 1.38 bits per heavy atom. The molecular weight excluding hydrogens is 391 g/mol. The summed E-state index contributed by atoms with van der Waals surface area (Å²) in [6.07, 6.45) is 2.78. The molecule has 2 heterocycles. The first kappa shape index (κ1) is 20.7. The van der Waals surface area contributed by atoms with Crippen LogP contribution in [0.1, 0.15) is 12.0 Å². The number of nitrogens with two attached hydrogens (primary N) is 1. The molecule has 0 unspecified atom stereocenters. The molecule has 0 aromatic heterocycles. The van der Waals surface area contributed by atoms with Crippen molar-refractivity contribution >= 4 is 25.2 Å². The molecule has 0 fully saturated rings. The van der Waals surface area contributed by atoms with E-state index in [-0.39, 0.29) is 18.4 Å². The minimum absolute atomic E-state index is 0.124. The Labute approximate surface area is 153 Å². The number of ether oxygens (including phenoxy) is 1. The number of hydrogen-bond donors (Lipinski definition) is 4. The monoisotopic (exact) mass is 408 g/mol. The van der Waals surface area contributed by atoms with Crippen LogP contribution < -0.4 is 15.8 Å². The normalized spacial score (nSPS) is 19.0. The molecule has 2 aliphatic heterocycles. The topological polar surface area (TPSA) is 130 Å². The van der Waals surface area contributed by atoms with Gasteiger partial charge in [-0.25, -0.2) is 18.7 Å². The molecule has 0 saturated heterocycles. The molecule has 3 rings (SSSR count). The summed E-state index contributed by atoms with van der Waals surface area (Å²) in [7, 11) is -4.64. The van der Waals surface area contributed by atoms with Crippen LogP contribution in [0.5, 0.6) is 5.75 Å². The minimum atomic E-state index is -4.64. The number of phosphoric acid groups is 1. The van der Waals surface area contributed by atoms with Crippen molar-refractivity contribution in [1.29, 1.82) is 0 Å². The molecule has 0 amide bonds. The van der Waals surface area contributed by atoms with Crippen molar-refractivity contribution < 1.29 is 32.8 Å². The van der Waals surface area contributed by atoms with Gasteiger partial charge in [0.05, 0.1) is 6.04 Å². The number of benzene rings is 1. The maximum absolute atomic E-state index is 13.7. The van der Waals surface area contributed by atoms with Gasteiger partial charge in [0, 0.05) is 36.4 Å². The lowest BCUT2D eigenvalue weighted by atomic mass is 10.0. The summed E-state index contributed by atoms with van der Waals surface area (Å²) < 4.78 is 41.4. The zero-order valence-electron chi connectivity index (χ0n) is 13.4. The molecule has 0 bridgehead atoms. The first-order valence-corrected chi connectivity index (χ1v) is 9.39. The Bertz CT molecular complexity index is 765. The van der Waals surface area contributed by atoms with Gasteiger partial charge < -0.3 is 30.1 Å². The van der Waals surface area contributed by atoms with Crippen molar-refractivity contribution in [3.8, 4) is 5.75 Å². The third kappa shape index (κ3) is 5.44. The van der Waals surface area contributed by atoms with Gasteiger partial charge in [-0.3, -0.25) is 0 Å². The Morgan fingerprint density at radius 2 is 2.04 bits per heavy atom. The second-order valence-electron chi connectivity index (χ2n) is 5.50. The van der Waals surface area contributed by atoms with Gasteiger partial charge in [-0.2, -0.15) is 0 Å². The molecule has 12 heteroatoms. The first-order valence-electron chi connectivity index (χ1n) is 7.42. The predicted molar refractivity (Wildman–Crippen MR) is 91.9 cm³/mol. The van der Waals surface area contributed by atoms with Gasteiger partial charge in [0.1, 0.15) is 12.4 Å². The summed E-state index contributed by atoms with van der Waals surface area (Å²) in [5.41, 5.74) is 7.00. The third-order valence-electron chi connectivity index (χ3n) is 3.57. The van der Waals surface area contributed by atoms with Crippen LogP contribution >= 0.6 is 20.0 Å². The summed E-state index contributed by atoms with van der Waals surface area (Å²) >= 11 is 5.23. The number of rotatable bonds is 3. The van der Waals surface area contributed by atoms with Crippen molar-refractivity contribution in [2.75, 3.05) is 13.2 Å². The van der Waals surface area contributed by atoms with E-state index in [1.165, 1.54) is 6.07 Å². The lowest BCUT2D eigenvalue weighted by molar-refractivity contribution is 0.188. The van der Waals surface area contributed by atoms with Gasteiger partial charge in [0.2, 0.25) is 0 Å². The van der Waals surface area contributed by atoms with E-state index in [4.69, 9.17) is 41.9 Å². The van der Waals surface area contributed by atoms with Crippen molar-refractivity contribution in [2.24, 2.45) is 5.73 Å². The van der Waals surface area contributed by atoms with Crippen LogP contribution in [-0.4, -0.2) is 43.9 Å². The average Bonchev–Trinajstić information content (AvgIpc) is 2.86. The second kappa shape index (κ2) is 8.38. The van der Waals surface area contributed by atoms with Crippen LogP contribution in [-0.2, 0) is 11.0 Å². The lowest BCUT2D eigenvalue weighted by Gasteiger charge is -2.34. The van der Waals surface area contributed by atoms with E-state index in [0.717, 1.165) is 11.8 Å². The Kier molecular flexibility index (Phi) is 6.67. The van der Waals surface area contributed by atoms with E-state index in [1.807, 2.05) is 4.90 Å². The molecule has 2 aliphatic rings. The molecule has 1 atom stereocenters. The zero-order valence-corrected chi connectivity index (χ0v) is 15.1. The highest BCUT2D eigenvalue weighted by Gasteiger charge is 2.33. The molecule has 1 aromatic rings. The van der Waals surface area contributed by atoms with Crippen molar-refractivity contribution in [1.82, 2.24) is 10.2 Å². The number of fused-ring (bicyclic) bond motifs is 1. The SMILES string of the molecule is NCCC1=C[N]C(=S)N1[C@H]1COc2c(F)cc(F)cc2C1.O=P(O)(O)O. The van der Waals surface area contributed by atoms with E-state index < -0.39 is 19.5 Å². The fourth-order valence-corrected chi connectivity index (χ4v) is 3.00. The highest BCUT2D eigenvalue weighted by atomic mass is 32.1. The molecule has 1 aromatic carbocycles. The van der Waals surface area contributed by atoms with Crippen LogP contribution in [0.25, 0.3) is 0 Å². The molecule has 5 N–H and O–H groups in total. The molecule has 0 spiro atoms. The van der Waals surface area contributed by atoms with Crippen LogP contribution in [0.4, 0.5) is 8.78 Å². The zero-order chi connectivity index (χ0) is 19.5. The van der Waals surface area contributed by atoms with Gasteiger partial charge >= 0.3 is 7.82 Å².